The highest BCUT2D eigenvalue weighted by Gasteiger charge is 2.05. The number of carbonyl (C=O) groups excluding carboxylic acids is 1. The molecule has 2 rings (SSSR count). The topological polar surface area (TPSA) is 76.4 Å². The number of ether oxygens (including phenoxy) is 1. The van der Waals surface area contributed by atoms with Gasteiger partial charge in [0.2, 0.25) is 0 Å². The molecule has 0 aliphatic heterocycles. The molecule has 2 aromatic carbocycles. The van der Waals surface area contributed by atoms with Crippen LogP contribution in [0.2, 0.25) is 0 Å². The highest BCUT2D eigenvalue weighted by atomic mass is 19.1. The molecule has 0 saturated heterocycles. The summed E-state index contributed by atoms with van der Waals surface area (Å²) in [5.74, 6) is 0.111. The Morgan fingerprint density at radius 3 is 2.60 bits per heavy atom. The van der Waals surface area contributed by atoms with Gasteiger partial charge >= 0.3 is 6.03 Å². The molecule has 0 aromatic heterocycles. The van der Waals surface area contributed by atoms with E-state index in [1.165, 1.54) is 25.3 Å². The van der Waals surface area contributed by atoms with Crippen molar-refractivity contribution in [1.82, 2.24) is 0 Å². The summed E-state index contributed by atoms with van der Waals surface area (Å²) >= 11 is 0. The molecule has 104 valence electrons. The first-order valence-electron chi connectivity index (χ1n) is 5.85. The third kappa shape index (κ3) is 3.61. The number of carbonyl (C=O) groups is 1. The van der Waals surface area contributed by atoms with E-state index in [1.54, 1.807) is 24.3 Å². The van der Waals surface area contributed by atoms with Gasteiger partial charge in [-0.3, -0.25) is 0 Å². The Kier molecular flexibility index (Phi) is 4.05. The summed E-state index contributed by atoms with van der Waals surface area (Å²) in [6, 6.07) is 10.2. The van der Waals surface area contributed by atoms with Crippen LogP contribution < -0.4 is 21.1 Å². The summed E-state index contributed by atoms with van der Waals surface area (Å²) in [6.07, 6.45) is 0. The van der Waals surface area contributed by atoms with Crippen molar-refractivity contribution in [3.63, 3.8) is 0 Å². The van der Waals surface area contributed by atoms with E-state index in [-0.39, 0.29) is 11.4 Å². The van der Waals surface area contributed by atoms with Gasteiger partial charge in [-0.1, -0.05) is 6.07 Å². The Morgan fingerprint density at radius 1 is 1.15 bits per heavy atom. The second kappa shape index (κ2) is 5.92. The third-order valence-corrected chi connectivity index (χ3v) is 2.51. The van der Waals surface area contributed by atoms with Crippen molar-refractivity contribution >= 4 is 23.1 Å². The quantitative estimate of drug-likeness (QED) is 0.753. The molecule has 0 saturated carbocycles. The summed E-state index contributed by atoms with van der Waals surface area (Å²) < 4.78 is 18.2. The fourth-order valence-electron chi connectivity index (χ4n) is 1.68. The lowest BCUT2D eigenvalue weighted by Gasteiger charge is -2.09. The van der Waals surface area contributed by atoms with E-state index < -0.39 is 11.8 Å². The predicted molar refractivity (Wildman–Crippen MR) is 76.4 cm³/mol. The van der Waals surface area contributed by atoms with Crippen molar-refractivity contribution in [3.05, 3.63) is 48.3 Å². The molecule has 2 amide bonds. The van der Waals surface area contributed by atoms with Gasteiger partial charge in [0.25, 0.3) is 0 Å². The van der Waals surface area contributed by atoms with E-state index >= 15 is 0 Å². The van der Waals surface area contributed by atoms with Gasteiger partial charge in [0.15, 0.2) is 0 Å². The largest absolute Gasteiger partial charge is 0.497 e. The number of nitrogens with two attached hydrogens (primary N) is 1. The van der Waals surface area contributed by atoms with Gasteiger partial charge in [0, 0.05) is 23.1 Å². The van der Waals surface area contributed by atoms with Crippen LogP contribution in [-0.2, 0) is 0 Å². The molecular formula is C14H14FN3O2. The number of anilines is 3. The molecule has 6 heteroatoms. The molecule has 20 heavy (non-hydrogen) atoms. The van der Waals surface area contributed by atoms with E-state index in [0.717, 1.165) is 0 Å². The monoisotopic (exact) mass is 275 g/mol. The number of nitrogens with one attached hydrogen (secondary N) is 2. The number of benzene rings is 2. The highest BCUT2D eigenvalue weighted by molar-refractivity contribution is 6.00. The van der Waals surface area contributed by atoms with E-state index in [4.69, 9.17) is 10.5 Å². The van der Waals surface area contributed by atoms with Gasteiger partial charge in [-0.25, -0.2) is 9.18 Å². The maximum atomic E-state index is 13.1. The van der Waals surface area contributed by atoms with Crippen LogP contribution >= 0.6 is 0 Å². The Bertz CT molecular complexity index is 611. The second-order valence-electron chi connectivity index (χ2n) is 4.08. The normalized spacial score (nSPS) is 9.90. The Morgan fingerprint density at radius 2 is 1.90 bits per heavy atom. The fraction of sp³-hybridized carbons (Fsp3) is 0.0714. The molecule has 0 fully saturated rings. The summed E-state index contributed by atoms with van der Waals surface area (Å²) in [7, 11) is 1.54. The van der Waals surface area contributed by atoms with Gasteiger partial charge in [0.1, 0.15) is 11.6 Å². The Hall–Kier alpha value is -2.76. The number of hydrogen-bond donors (Lipinski definition) is 3. The smallest absolute Gasteiger partial charge is 0.323 e. The van der Waals surface area contributed by atoms with Crippen LogP contribution in [0.5, 0.6) is 5.75 Å². The van der Waals surface area contributed by atoms with E-state index in [9.17, 15) is 9.18 Å². The van der Waals surface area contributed by atoms with Gasteiger partial charge in [-0.05, 0) is 30.3 Å². The molecule has 5 nitrogen and oxygen atoms in total. The maximum Gasteiger partial charge on any atom is 0.323 e. The van der Waals surface area contributed by atoms with Crippen molar-refractivity contribution in [2.75, 3.05) is 23.5 Å². The SMILES string of the molecule is COc1cccc(NC(=O)Nc2cc(N)cc(F)c2)c1. The zero-order valence-electron chi connectivity index (χ0n) is 10.8. The maximum absolute atomic E-state index is 13.1. The number of urea groups is 1. The van der Waals surface area contributed by atoms with Crippen LogP contribution in [0, 0.1) is 5.82 Å². The van der Waals surface area contributed by atoms with Crippen LogP contribution in [0.25, 0.3) is 0 Å². The number of halogens is 1. The number of amides is 2. The molecule has 4 N–H and O–H groups in total. The van der Waals surface area contributed by atoms with E-state index in [0.29, 0.717) is 11.4 Å². The third-order valence-electron chi connectivity index (χ3n) is 2.51. The molecule has 0 radical (unpaired) electrons. The van der Waals surface area contributed by atoms with Gasteiger partial charge in [-0.15, -0.1) is 0 Å². The lowest BCUT2D eigenvalue weighted by Crippen LogP contribution is -2.19. The summed E-state index contributed by atoms with van der Waals surface area (Å²) in [5.41, 5.74) is 6.58. The zero-order valence-corrected chi connectivity index (χ0v) is 10.8. The Labute approximate surface area is 115 Å². The number of nitrogen functional groups attached to an aromatic ring is 1. The second-order valence-corrected chi connectivity index (χ2v) is 4.08. The molecule has 0 aliphatic rings. The Balaban J connectivity index is 2.04. The molecule has 0 bridgehead atoms. The molecule has 2 aromatic rings. The average Bonchev–Trinajstić information content (AvgIpc) is 2.37. The average molecular weight is 275 g/mol. The number of methoxy groups -OCH3 is 1. The molecule has 0 atom stereocenters. The summed E-state index contributed by atoms with van der Waals surface area (Å²) in [4.78, 5) is 11.8. The first-order chi connectivity index (χ1) is 9.56. The minimum atomic E-state index is -0.512. The van der Waals surface area contributed by atoms with E-state index in [1.807, 2.05) is 0 Å². The van der Waals surface area contributed by atoms with Crippen molar-refractivity contribution < 1.29 is 13.9 Å². The molecule has 0 unspecified atom stereocenters. The first-order valence-corrected chi connectivity index (χ1v) is 5.85. The molecule has 0 spiro atoms. The zero-order chi connectivity index (χ0) is 14.5. The lowest BCUT2D eigenvalue weighted by molar-refractivity contribution is 0.262. The van der Waals surface area contributed by atoms with Crippen LogP contribution in [0.15, 0.2) is 42.5 Å². The standard InChI is InChI=1S/C14H14FN3O2/c1-20-13-4-2-3-11(8-13)17-14(19)18-12-6-9(15)5-10(16)7-12/h2-8H,16H2,1H3,(H2,17,18,19). The van der Waals surface area contributed by atoms with Crippen molar-refractivity contribution in [2.45, 2.75) is 0 Å². The summed E-state index contributed by atoms with van der Waals surface area (Å²) in [6.45, 7) is 0. The predicted octanol–water partition coefficient (Wildman–Crippen LogP) is 3.06. The first kappa shape index (κ1) is 13.7. The molecule has 0 heterocycles. The number of hydrogen-bond acceptors (Lipinski definition) is 3. The van der Waals surface area contributed by atoms with Gasteiger partial charge in [-0.2, -0.15) is 0 Å². The molecular weight excluding hydrogens is 261 g/mol. The van der Waals surface area contributed by atoms with Gasteiger partial charge < -0.3 is 21.1 Å². The highest BCUT2D eigenvalue weighted by Crippen LogP contribution is 2.18. The minimum Gasteiger partial charge on any atom is -0.497 e. The minimum absolute atomic E-state index is 0.238. The fourth-order valence-corrected chi connectivity index (χ4v) is 1.68. The van der Waals surface area contributed by atoms with Crippen LogP contribution in [0.4, 0.5) is 26.2 Å². The van der Waals surface area contributed by atoms with Crippen LogP contribution in [0.3, 0.4) is 0 Å². The van der Waals surface area contributed by atoms with Crippen molar-refractivity contribution in [1.29, 1.82) is 0 Å². The number of rotatable bonds is 3. The van der Waals surface area contributed by atoms with Crippen LogP contribution in [-0.4, -0.2) is 13.1 Å². The van der Waals surface area contributed by atoms with E-state index in [2.05, 4.69) is 10.6 Å². The molecule has 0 aliphatic carbocycles. The van der Waals surface area contributed by atoms with Crippen molar-refractivity contribution in [2.24, 2.45) is 0 Å². The van der Waals surface area contributed by atoms with Crippen LogP contribution in [0.1, 0.15) is 0 Å². The summed E-state index contributed by atoms with van der Waals surface area (Å²) in [5, 5.41) is 5.11. The lowest BCUT2D eigenvalue weighted by atomic mass is 10.2. The van der Waals surface area contributed by atoms with Gasteiger partial charge in [0.05, 0.1) is 7.11 Å². The van der Waals surface area contributed by atoms with Crippen molar-refractivity contribution in [3.8, 4) is 5.75 Å².